The van der Waals surface area contributed by atoms with Gasteiger partial charge in [0.15, 0.2) is 11.8 Å². The molecule has 1 fully saturated rings. The number of ether oxygens (including phenoxy) is 1. The molecular formula is C24H17F2N3O3S. The highest BCUT2D eigenvalue weighted by Gasteiger charge is 2.23. The molecule has 0 spiro atoms. The zero-order valence-corrected chi connectivity index (χ0v) is 17.9. The molecule has 1 saturated heterocycles. The number of amides is 2. The van der Waals surface area contributed by atoms with Gasteiger partial charge in [-0.15, -0.1) is 0 Å². The lowest BCUT2D eigenvalue weighted by Crippen LogP contribution is -2.20. The number of anilines is 1. The molecule has 33 heavy (non-hydrogen) atoms. The molecular weight excluding hydrogens is 448 g/mol. The number of amidine groups is 1. The summed E-state index contributed by atoms with van der Waals surface area (Å²) in [5, 5.41) is 5.69. The van der Waals surface area contributed by atoms with Gasteiger partial charge in [-0.05, 0) is 84.1 Å². The van der Waals surface area contributed by atoms with Gasteiger partial charge >= 0.3 is 0 Å². The monoisotopic (exact) mass is 465 g/mol. The molecule has 2 N–H and O–H groups in total. The highest BCUT2D eigenvalue weighted by Crippen LogP contribution is 2.28. The van der Waals surface area contributed by atoms with E-state index in [1.165, 1.54) is 60.3 Å². The highest BCUT2D eigenvalue weighted by atomic mass is 32.2. The number of halogens is 2. The van der Waals surface area contributed by atoms with E-state index in [9.17, 15) is 18.4 Å². The maximum atomic E-state index is 13.0. The molecule has 9 heteroatoms. The molecule has 0 radical (unpaired) electrons. The van der Waals surface area contributed by atoms with Crippen LogP contribution in [0.3, 0.4) is 0 Å². The van der Waals surface area contributed by atoms with Gasteiger partial charge in [-0.3, -0.25) is 9.59 Å². The largest absolute Gasteiger partial charge is 0.484 e. The first-order chi connectivity index (χ1) is 15.9. The summed E-state index contributed by atoms with van der Waals surface area (Å²) in [6, 6.07) is 17.9. The number of thioether (sulfide) groups is 1. The lowest BCUT2D eigenvalue weighted by atomic mass is 10.2. The van der Waals surface area contributed by atoms with Crippen LogP contribution in [0.4, 0.5) is 20.2 Å². The van der Waals surface area contributed by atoms with Gasteiger partial charge in [-0.1, -0.05) is 12.1 Å². The van der Waals surface area contributed by atoms with Crippen molar-refractivity contribution in [1.82, 2.24) is 5.32 Å². The van der Waals surface area contributed by atoms with Crippen molar-refractivity contribution in [3.05, 3.63) is 94.9 Å². The van der Waals surface area contributed by atoms with E-state index in [1.807, 2.05) is 0 Å². The van der Waals surface area contributed by atoms with Gasteiger partial charge in [0.1, 0.15) is 17.4 Å². The van der Waals surface area contributed by atoms with Gasteiger partial charge in [0.2, 0.25) is 0 Å². The molecule has 6 nitrogen and oxygen atoms in total. The van der Waals surface area contributed by atoms with Crippen molar-refractivity contribution in [3.63, 3.8) is 0 Å². The van der Waals surface area contributed by atoms with Crippen LogP contribution in [0.5, 0.6) is 5.75 Å². The lowest BCUT2D eigenvalue weighted by Gasteiger charge is -2.08. The van der Waals surface area contributed by atoms with Gasteiger partial charge < -0.3 is 15.4 Å². The van der Waals surface area contributed by atoms with Crippen molar-refractivity contribution in [1.29, 1.82) is 0 Å². The molecule has 3 aromatic carbocycles. The minimum atomic E-state index is -0.385. The molecule has 166 valence electrons. The normalized spacial score (nSPS) is 15.5. The fourth-order valence-electron chi connectivity index (χ4n) is 2.80. The fourth-order valence-corrected chi connectivity index (χ4v) is 3.65. The van der Waals surface area contributed by atoms with E-state index >= 15 is 0 Å². The first-order valence-electron chi connectivity index (χ1n) is 9.78. The Labute approximate surface area is 192 Å². The second-order valence-electron chi connectivity index (χ2n) is 6.87. The van der Waals surface area contributed by atoms with Crippen LogP contribution in [0.1, 0.15) is 5.56 Å². The molecule has 3 aromatic rings. The number of nitrogens with one attached hydrogen (secondary N) is 2. The Morgan fingerprint density at radius 1 is 0.970 bits per heavy atom. The SMILES string of the molecule is O=C(COc1ccc(/C=C2/SC(=Nc3ccc(F)cc3)NC2=O)cc1)Nc1ccc(F)cc1. The molecule has 0 unspecified atom stereocenters. The van der Waals surface area contributed by atoms with Crippen LogP contribution in [0.25, 0.3) is 6.08 Å². The molecule has 2 amide bonds. The van der Waals surface area contributed by atoms with Gasteiger partial charge in [-0.25, -0.2) is 13.8 Å². The van der Waals surface area contributed by atoms with Crippen molar-refractivity contribution >= 4 is 46.2 Å². The summed E-state index contributed by atoms with van der Waals surface area (Å²) < 4.78 is 31.4. The van der Waals surface area contributed by atoms with Crippen LogP contribution in [0, 0.1) is 11.6 Å². The average Bonchev–Trinajstić information content (AvgIpc) is 3.15. The van der Waals surface area contributed by atoms with Crippen LogP contribution in [0.15, 0.2) is 82.7 Å². The molecule has 4 rings (SSSR count). The molecule has 0 saturated carbocycles. The van der Waals surface area contributed by atoms with Crippen LogP contribution in [-0.4, -0.2) is 23.6 Å². The third-order valence-corrected chi connectivity index (χ3v) is 5.29. The third-order valence-electron chi connectivity index (χ3n) is 4.38. The summed E-state index contributed by atoms with van der Waals surface area (Å²) in [7, 11) is 0. The van der Waals surface area contributed by atoms with Gasteiger partial charge in [-0.2, -0.15) is 0 Å². The maximum Gasteiger partial charge on any atom is 0.264 e. The van der Waals surface area contributed by atoms with Crippen LogP contribution in [-0.2, 0) is 9.59 Å². The van der Waals surface area contributed by atoms with Crippen molar-refractivity contribution in [2.75, 3.05) is 11.9 Å². The number of carbonyl (C=O) groups is 2. The summed E-state index contributed by atoms with van der Waals surface area (Å²) in [5.74, 6) is -0.917. The molecule has 0 atom stereocenters. The van der Waals surface area contributed by atoms with E-state index in [1.54, 1.807) is 30.3 Å². The van der Waals surface area contributed by atoms with Crippen molar-refractivity contribution in [2.45, 2.75) is 0 Å². The highest BCUT2D eigenvalue weighted by molar-refractivity contribution is 8.18. The summed E-state index contributed by atoms with van der Waals surface area (Å²) in [6.45, 7) is -0.209. The van der Waals surface area contributed by atoms with E-state index in [0.717, 1.165) is 5.56 Å². The quantitative estimate of drug-likeness (QED) is 0.509. The maximum absolute atomic E-state index is 13.0. The van der Waals surface area contributed by atoms with E-state index in [4.69, 9.17) is 4.74 Å². The molecule has 0 bridgehead atoms. The summed E-state index contributed by atoms with van der Waals surface area (Å²) >= 11 is 1.18. The van der Waals surface area contributed by atoms with Crippen molar-refractivity contribution in [3.8, 4) is 5.75 Å². The van der Waals surface area contributed by atoms with Gasteiger partial charge in [0.05, 0.1) is 10.6 Å². The fraction of sp³-hybridized carbons (Fsp3) is 0.0417. The second-order valence-corrected chi connectivity index (χ2v) is 7.90. The summed E-state index contributed by atoms with van der Waals surface area (Å²) in [4.78, 5) is 28.9. The summed E-state index contributed by atoms with van der Waals surface area (Å²) in [5.41, 5.74) is 1.77. The van der Waals surface area contributed by atoms with E-state index in [-0.39, 0.29) is 30.1 Å². The lowest BCUT2D eigenvalue weighted by molar-refractivity contribution is -0.118. The zero-order chi connectivity index (χ0) is 23.2. The Balaban J connectivity index is 1.33. The zero-order valence-electron chi connectivity index (χ0n) is 17.0. The number of aliphatic imine (C=N–C) groups is 1. The smallest absolute Gasteiger partial charge is 0.264 e. The van der Waals surface area contributed by atoms with E-state index in [0.29, 0.717) is 27.2 Å². The van der Waals surface area contributed by atoms with Crippen molar-refractivity contribution in [2.24, 2.45) is 4.99 Å². The van der Waals surface area contributed by atoms with Crippen LogP contribution < -0.4 is 15.4 Å². The first-order valence-corrected chi connectivity index (χ1v) is 10.6. The average molecular weight is 465 g/mol. The summed E-state index contributed by atoms with van der Waals surface area (Å²) in [6.07, 6.45) is 1.71. The molecule has 1 aliphatic rings. The second kappa shape index (κ2) is 10.1. The Hall–Kier alpha value is -3.98. The van der Waals surface area contributed by atoms with Crippen LogP contribution >= 0.6 is 11.8 Å². The topological polar surface area (TPSA) is 79.8 Å². The minimum Gasteiger partial charge on any atom is -0.484 e. The molecule has 0 aliphatic carbocycles. The van der Waals surface area contributed by atoms with Gasteiger partial charge in [0, 0.05) is 5.69 Å². The minimum absolute atomic E-state index is 0.209. The number of hydrogen-bond donors (Lipinski definition) is 2. The van der Waals surface area contributed by atoms with E-state index in [2.05, 4.69) is 15.6 Å². The number of hydrogen-bond acceptors (Lipinski definition) is 5. The molecule has 1 heterocycles. The third kappa shape index (κ3) is 6.27. The standard InChI is InChI=1S/C24H17F2N3O3S/c25-16-3-7-18(8-4-16)27-22(30)14-32-20-11-1-15(2-12-20)13-21-23(31)29-24(33-21)28-19-9-5-17(26)6-10-19/h1-13H,14H2,(H,27,30)(H,28,29,31)/b21-13+. The predicted molar refractivity (Wildman–Crippen MR) is 124 cm³/mol. The number of nitrogens with zero attached hydrogens (tertiary/aromatic N) is 1. The number of rotatable bonds is 6. The molecule has 0 aromatic heterocycles. The Morgan fingerprint density at radius 3 is 2.27 bits per heavy atom. The van der Waals surface area contributed by atoms with Crippen LogP contribution in [0.2, 0.25) is 0 Å². The number of benzene rings is 3. The van der Waals surface area contributed by atoms with Crippen molar-refractivity contribution < 1.29 is 23.1 Å². The Bertz CT molecular complexity index is 1230. The molecule has 1 aliphatic heterocycles. The van der Waals surface area contributed by atoms with Gasteiger partial charge in [0.25, 0.3) is 11.8 Å². The Morgan fingerprint density at radius 2 is 1.61 bits per heavy atom. The predicted octanol–water partition coefficient (Wildman–Crippen LogP) is 4.87. The Kier molecular flexibility index (Phi) is 6.80. The van der Waals surface area contributed by atoms with E-state index < -0.39 is 0 Å². The first kappa shape index (κ1) is 22.2. The number of carbonyl (C=O) groups excluding carboxylic acids is 2.